The van der Waals surface area contributed by atoms with Gasteiger partial charge in [0.2, 0.25) is 0 Å². The zero-order chi connectivity index (χ0) is 14.7. The Morgan fingerprint density at radius 1 is 1.19 bits per heavy atom. The van der Waals surface area contributed by atoms with Gasteiger partial charge in [0, 0.05) is 18.4 Å². The lowest BCUT2D eigenvalue weighted by Gasteiger charge is -2.13. The van der Waals surface area contributed by atoms with Gasteiger partial charge in [0.15, 0.2) is 0 Å². The summed E-state index contributed by atoms with van der Waals surface area (Å²) in [5.41, 5.74) is 5.19. The van der Waals surface area contributed by atoms with Gasteiger partial charge in [-0.15, -0.1) is 0 Å². The van der Waals surface area contributed by atoms with Gasteiger partial charge in [-0.3, -0.25) is 4.79 Å². The number of rotatable bonds is 4. The maximum atomic E-state index is 11.7. The molecule has 0 amide bonds. The summed E-state index contributed by atoms with van der Waals surface area (Å²) in [5, 5.41) is 0. The fourth-order valence-electron chi connectivity index (χ4n) is 3.18. The van der Waals surface area contributed by atoms with Crippen molar-refractivity contribution in [3.05, 3.63) is 58.9 Å². The topological polar surface area (TPSA) is 31.2 Å². The van der Waals surface area contributed by atoms with Crippen molar-refractivity contribution in [2.24, 2.45) is 0 Å². The Balaban J connectivity index is 1.94. The zero-order valence-corrected chi connectivity index (χ0v) is 12.5. The minimum atomic E-state index is -0.157. The standard InChI is InChI=1S/C18H21NO2/c1-21-18(20)11-17-16-10-6-5-9-15(16)13-19(17)12-14-7-3-2-4-8-14/h2-4,7-8,13H,5-6,9-12H2,1H3. The molecule has 2 aromatic rings. The lowest BCUT2D eigenvalue weighted by molar-refractivity contribution is -0.139. The normalized spacial score (nSPS) is 13.8. The molecular weight excluding hydrogens is 262 g/mol. The van der Waals surface area contributed by atoms with Crippen LogP contribution in [-0.4, -0.2) is 17.6 Å². The summed E-state index contributed by atoms with van der Waals surface area (Å²) in [6.45, 7) is 0.820. The van der Waals surface area contributed by atoms with Crippen LogP contribution in [0.15, 0.2) is 36.5 Å². The molecule has 1 heterocycles. The number of hydrogen-bond donors (Lipinski definition) is 0. The monoisotopic (exact) mass is 283 g/mol. The van der Waals surface area contributed by atoms with E-state index >= 15 is 0 Å². The Bertz CT molecular complexity index is 628. The fourth-order valence-corrected chi connectivity index (χ4v) is 3.18. The van der Waals surface area contributed by atoms with Crippen LogP contribution >= 0.6 is 0 Å². The number of benzene rings is 1. The first kappa shape index (κ1) is 13.9. The number of ether oxygens (including phenoxy) is 1. The Kier molecular flexibility index (Phi) is 4.09. The van der Waals surface area contributed by atoms with Crippen LogP contribution in [0.2, 0.25) is 0 Å². The molecule has 1 aromatic heterocycles. The minimum absolute atomic E-state index is 0.157. The third-order valence-electron chi connectivity index (χ3n) is 4.25. The average molecular weight is 283 g/mol. The van der Waals surface area contributed by atoms with Gasteiger partial charge >= 0.3 is 5.97 Å². The largest absolute Gasteiger partial charge is 0.469 e. The van der Waals surface area contributed by atoms with Crippen molar-refractivity contribution in [1.29, 1.82) is 0 Å². The number of aryl methyl sites for hydroxylation is 1. The fraction of sp³-hybridized carbons (Fsp3) is 0.389. The molecule has 1 aromatic carbocycles. The number of carbonyl (C=O) groups excluding carboxylic acids is 1. The smallest absolute Gasteiger partial charge is 0.311 e. The second-order valence-corrected chi connectivity index (χ2v) is 5.65. The molecule has 0 fully saturated rings. The molecule has 3 nitrogen and oxygen atoms in total. The summed E-state index contributed by atoms with van der Waals surface area (Å²) in [6.07, 6.45) is 7.30. The molecule has 0 saturated heterocycles. The summed E-state index contributed by atoms with van der Waals surface area (Å²) >= 11 is 0. The molecule has 1 aliphatic rings. The highest BCUT2D eigenvalue weighted by Crippen LogP contribution is 2.27. The van der Waals surface area contributed by atoms with Crippen molar-refractivity contribution < 1.29 is 9.53 Å². The number of aromatic nitrogens is 1. The van der Waals surface area contributed by atoms with E-state index in [9.17, 15) is 4.79 Å². The molecule has 21 heavy (non-hydrogen) atoms. The first-order valence-electron chi connectivity index (χ1n) is 7.58. The van der Waals surface area contributed by atoms with Crippen LogP contribution in [0.3, 0.4) is 0 Å². The molecule has 0 N–H and O–H groups in total. The highest BCUT2D eigenvalue weighted by Gasteiger charge is 2.20. The number of nitrogens with zero attached hydrogens (tertiary/aromatic N) is 1. The van der Waals surface area contributed by atoms with Gasteiger partial charge in [-0.25, -0.2) is 0 Å². The van der Waals surface area contributed by atoms with Crippen LogP contribution < -0.4 is 0 Å². The molecule has 0 saturated carbocycles. The molecular formula is C18H21NO2. The van der Waals surface area contributed by atoms with Gasteiger partial charge in [-0.1, -0.05) is 30.3 Å². The van der Waals surface area contributed by atoms with E-state index in [1.807, 2.05) is 6.07 Å². The Hall–Kier alpha value is -2.03. The summed E-state index contributed by atoms with van der Waals surface area (Å²) in [5.74, 6) is -0.157. The summed E-state index contributed by atoms with van der Waals surface area (Å²) in [6, 6.07) is 10.4. The first-order valence-corrected chi connectivity index (χ1v) is 7.58. The van der Waals surface area contributed by atoms with Crippen molar-refractivity contribution in [3.8, 4) is 0 Å². The van der Waals surface area contributed by atoms with Crippen LogP contribution in [-0.2, 0) is 35.3 Å². The number of hydrogen-bond acceptors (Lipinski definition) is 2. The van der Waals surface area contributed by atoms with Crippen LogP contribution in [0.25, 0.3) is 0 Å². The first-order chi connectivity index (χ1) is 10.3. The van der Waals surface area contributed by atoms with Crippen LogP contribution in [0.4, 0.5) is 0 Å². The molecule has 1 aliphatic carbocycles. The maximum absolute atomic E-state index is 11.7. The van der Waals surface area contributed by atoms with Crippen LogP contribution in [0.5, 0.6) is 0 Å². The number of fused-ring (bicyclic) bond motifs is 1. The maximum Gasteiger partial charge on any atom is 0.311 e. The van der Waals surface area contributed by atoms with E-state index < -0.39 is 0 Å². The Morgan fingerprint density at radius 2 is 1.95 bits per heavy atom. The lowest BCUT2D eigenvalue weighted by atomic mass is 9.93. The van der Waals surface area contributed by atoms with Gasteiger partial charge in [0.25, 0.3) is 0 Å². The molecule has 0 aliphatic heterocycles. The molecule has 110 valence electrons. The van der Waals surface area contributed by atoms with E-state index in [4.69, 9.17) is 4.74 Å². The second-order valence-electron chi connectivity index (χ2n) is 5.65. The molecule has 0 bridgehead atoms. The number of esters is 1. The van der Waals surface area contributed by atoms with Crippen LogP contribution in [0.1, 0.15) is 35.2 Å². The Morgan fingerprint density at radius 3 is 2.71 bits per heavy atom. The molecule has 3 rings (SSSR count). The average Bonchev–Trinajstić information content (AvgIpc) is 2.86. The summed E-state index contributed by atoms with van der Waals surface area (Å²) in [7, 11) is 1.46. The van der Waals surface area contributed by atoms with Gasteiger partial charge < -0.3 is 9.30 Å². The van der Waals surface area contributed by atoms with Gasteiger partial charge in [0.1, 0.15) is 0 Å². The predicted octanol–water partition coefficient (Wildman–Crippen LogP) is 3.13. The quantitative estimate of drug-likeness (QED) is 0.807. The van der Waals surface area contributed by atoms with Gasteiger partial charge in [-0.2, -0.15) is 0 Å². The summed E-state index contributed by atoms with van der Waals surface area (Å²) < 4.78 is 7.11. The second kappa shape index (κ2) is 6.17. The molecule has 0 atom stereocenters. The van der Waals surface area contributed by atoms with E-state index in [0.29, 0.717) is 6.42 Å². The highest BCUT2D eigenvalue weighted by atomic mass is 16.5. The lowest BCUT2D eigenvalue weighted by Crippen LogP contribution is -2.13. The predicted molar refractivity (Wildman–Crippen MR) is 82.3 cm³/mol. The van der Waals surface area contributed by atoms with E-state index in [-0.39, 0.29) is 5.97 Å². The molecule has 0 radical (unpaired) electrons. The third-order valence-corrected chi connectivity index (χ3v) is 4.25. The van der Waals surface area contributed by atoms with Gasteiger partial charge in [0.05, 0.1) is 13.5 Å². The van der Waals surface area contributed by atoms with Crippen molar-refractivity contribution in [2.75, 3.05) is 7.11 Å². The van der Waals surface area contributed by atoms with Crippen molar-refractivity contribution in [2.45, 2.75) is 38.6 Å². The SMILES string of the molecule is COC(=O)Cc1c2c(cn1Cc1ccccc1)CCCC2. The summed E-state index contributed by atoms with van der Waals surface area (Å²) in [4.78, 5) is 11.7. The zero-order valence-electron chi connectivity index (χ0n) is 12.5. The van der Waals surface area contributed by atoms with Crippen molar-refractivity contribution in [3.63, 3.8) is 0 Å². The number of methoxy groups -OCH3 is 1. The van der Waals surface area contributed by atoms with E-state index in [1.54, 1.807) is 0 Å². The van der Waals surface area contributed by atoms with Crippen molar-refractivity contribution in [1.82, 2.24) is 4.57 Å². The highest BCUT2D eigenvalue weighted by molar-refractivity contribution is 5.72. The minimum Gasteiger partial charge on any atom is -0.469 e. The van der Waals surface area contributed by atoms with Gasteiger partial charge in [-0.05, 0) is 42.4 Å². The van der Waals surface area contributed by atoms with Crippen LogP contribution in [0, 0.1) is 0 Å². The molecule has 0 spiro atoms. The number of carbonyl (C=O) groups is 1. The van der Waals surface area contributed by atoms with E-state index in [0.717, 1.165) is 25.1 Å². The third kappa shape index (κ3) is 3.02. The molecule has 3 heteroatoms. The van der Waals surface area contributed by atoms with Crippen molar-refractivity contribution >= 4 is 5.97 Å². The molecule has 0 unspecified atom stereocenters. The van der Waals surface area contributed by atoms with E-state index in [2.05, 4.69) is 35.0 Å². The Labute approximate surface area is 125 Å². The van der Waals surface area contributed by atoms with E-state index in [1.165, 1.54) is 36.6 Å².